The van der Waals surface area contributed by atoms with Crippen molar-refractivity contribution >= 4 is 47.8 Å². The van der Waals surface area contributed by atoms with E-state index in [1.807, 2.05) is 12.1 Å². The highest BCUT2D eigenvalue weighted by molar-refractivity contribution is 9.11. The number of halogens is 3. The Labute approximate surface area is 146 Å². The highest BCUT2D eigenvalue weighted by Gasteiger charge is 2.53. The fraction of sp³-hybridized carbons (Fsp3) is 0.600. The number of ether oxygens (including phenoxy) is 2. The Morgan fingerprint density at radius 3 is 2.20 bits per heavy atom. The van der Waals surface area contributed by atoms with Gasteiger partial charge in [-0.2, -0.15) is 0 Å². The van der Waals surface area contributed by atoms with Gasteiger partial charge in [-0.25, -0.2) is 0 Å². The number of methoxy groups -OCH3 is 1. The topological polar surface area (TPSA) is 18.5 Å². The van der Waals surface area contributed by atoms with Gasteiger partial charge in [0.2, 0.25) is 0 Å². The van der Waals surface area contributed by atoms with Gasteiger partial charge in [0.1, 0.15) is 17.6 Å². The van der Waals surface area contributed by atoms with Crippen LogP contribution in [0.4, 0.5) is 0 Å². The van der Waals surface area contributed by atoms with Crippen LogP contribution in [0.2, 0.25) is 0 Å². The van der Waals surface area contributed by atoms with Crippen LogP contribution >= 0.6 is 47.8 Å². The van der Waals surface area contributed by atoms with E-state index in [1.54, 1.807) is 7.11 Å². The Morgan fingerprint density at radius 1 is 1.15 bits per heavy atom. The first kappa shape index (κ1) is 16.6. The van der Waals surface area contributed by atoms with E-state index in [0.29, 0.717) is 4.83 Å². The standard InChI is InChI=1S/C15H19Br3O2/c1-4-15(5-2)13(18)8-14(15)20-12-7-9(16)11(19-3)6-10(12)17/h6-7,13-14H,4-5,8H2,1-3H3. The van der Waals surface area contributed by atoms with Crippen molar-refractivity contribution in [2.24, 2.45) is 5.41 Å². The minimum absolute atomic E-state index is 0.242. The van der Waals surface area contributed by atoms with Crippen molar-refractivity contribution in [3.8, 4) is 11.5 Å². The molecular formula is C15H19Br3O2. The Kier molecular flexibility index (Phi) is 5.46. The summed E-state index contributed by atoms with van der Waals surface area (Å²) in [6.45, 7) is 4.48. The predicted molar refractivity (Wildman–Crippen MR) is 93.2 cm³/mol. The van der Waals surface area contributed by atoms with E-state index in [9.17, 15) is 0 Å². The van der Waals surface area contributed by atoms with Crippen LogP contribution in [0.1, 0.15) is 33.1 Å². The van der Waals surface area contributed by atoms with Crippen LogP contribution in [0.5, 0.6) is 11.5 Å². The van der Waals surface area contributed by atoms with Crippen LogP contribution < -0.4 is 9.47 Å². The van der Waals surface area contributed by atoms with Crippen LogP contribution in [-0.4, -0.2) is 18.0 Å². The third-order valence-electron chi connectivity index (χ3n) is 4.48. The lowest BCUT2D eigenvalue weighted by molar-refractivity contribution is -0.0415. The Morgan fingerprint density at radius 2 is 1.70 bits per heavy atom. The summed E-state index contributed by atoms with van der Waals surface area (Å²) in [4.78, 5) is 0.551. The van der Waals surface area contributed by atoms with Gasteiger partial charge in [-0.1, -0.05) is 29.8 Å². The molecule has 20 heavy (non-hydrogen) atoms. The fourth-order valence-electron chi connectivity index (χ4n) is 2.92. The maximum atomic E-state index is 6.27. The SMILES string of the molecule is CCC1(CC)C(Br)CC1Oc1cc(Br)c(OC)cc1Br. The molecule has 2 rings (SSSR count). The Balaban J connectivity index is 2.21. The lowest BCUT2D eigenvalue weighted by Crippen LogP contribution is -2.56. The average Bonchev–Trinajstić information content (AvgIpc) is 2.43. The molecule has 5 heteroatoms. The number of rotatable bonds is 5. The van der Waals surface area contributed by atoms with E-state index in [-0.39, 0.29) is 11.5 Å². The molecule has 0 aromatic heterocycles. The molecule has 2 atom stereocenters. The minimum atomic E-state index is 0.242. The third-order valence-corrected chi connectivity index (χ3v) is 7.00. The summed E-state index contributed by atoms with van der Waals surface area (Å²) in [5.74, 6) is 1.67. The summed E-state index contributed by atoms with van der Waals surface area (Å²) < 4.78 is 13.4. The van der Waals surface area contributed by atoms with E-state index < -0.39 is 0 Å². The second-order valence-corrected chi connectivity index (χ2v) is 7.98. The normalized spacial score (nSPS) is 24.1. The second kappa shape index (κ2) is 6.57. The highest BCUT2D eigenvalue weighted by Crippen LogP contribution is 2.53. The monoisotopic (exact) mass is 468 g/mol. The van der Waals surface area contributed by atoms with Gasteiger partial charge in [0.25, 0.3) is 0 Å². The van der Waals surface area contributed by atoms with Crippen LogP contribution in [0.3, 0.4) is 0 Å². The van der Waals surface area contributed by atoms with Crippen LogP contribution in [0.25, 0.3) is 0 Å². The molecule has 1 aliphatic rings. The van der Waals surface area contributed by atoms with Gasteiger partial charge in [0.15, 0.2) is 0 Å². The third kappa shape index (κ3) is 2.78. The summed E-state index contributed by atoms with van der Waals surface area (Å²) in [7, 11) is 1.66. The smallest absolute Gasteiger partial charge is 0.135 e. The van der Waals surface area contributed by atoms with E-state index in [2.05, 4.69) is 61.6 Å². The first-order valence-corrected chi connectivity index (χ1v) is 9.32. The first-order chi connectivity index (χ1) is 9.48. The fourth-order valence-corrected chi connectivity index (χ4v) is 5.10. The molecule has 2 nitrogen and oxygen atoms in total. The largest absolute Gasteiger partial charge is 0.496 e. The zero-order valence-electron chi connectivity index (χ0n) is 11.9. The molecule has 2 unspecified atom stereocenters. The molecular weight excluding hydrogens is 452 g/mol. The molecule has 0 radical (unpaired) electrons. The van der Waals surface area contributed by atoms with Gasteiger partial charge >= 0.3 is 0 Å². The zero-order chi connectivity index (χ0) is 14.9. The molecule has 112 valence electrons. The van der Waals surface area contributed by atoms with Gasteiger partial charge in [0.05, 0.1) is 16.1 Å². The molecule has 0 aliphatic heterocycles. The molecule has 1 fully saturated rings. The second-order valence-electron chi connectivity index (χ2n) is 5.17. The lowest BCUT2D eigenvalue weighted by atomic mass is 9.62. The zero-order valence-corrected chi connectivity index (χ0v) is 16.6. The first-order valence-electron chi connectivity index (χ1n) is 6.82. The van der Waals surface area contributed by atoms with Crippen LogP contribution in [0.15, 0.2) is 21.1 Å². The summed E-state index contributed by atoms with van der Waals surface area (Å²) in [6, 6.07) is 3.91. The maximum Gasteiger partial charge on any atom is 0.135 e. The molecule has 1 aromatic rings. The van der Waals surface area contributed by atoms with Crippen molar-refractivity contribution in [2.45, 2.75) is 44.0 Å². The average molecular weight is 471 g/mol. The summed E-state index contributed by atoms with van der Waals surface area (Å²) >= 11 is 10.9. The number of hydrogen-bond donors (Lipinski definition) is 0. The quantitative estimate of drug-likeness (QED) is 0.496. The van der Waals surface area contributed by atoms with E-state index in [1.165, 1.54) is 0 Å². The Hall–Kier alpha value is 0.260. The Bertz CT molecular complexity index is 486. The molecule has 0 bridgehead atoms. The van der Waals surface area contributed by atoms with Crippen LogP contribution in [-0.2, 0) is 0 Å². The van der Waals surface area contributed by atoms with Gasteiger partial charge < -0.3 is 9.47 Å². The molecule has 1 aromatic carbocycles. The molecule has 0 heterocycles. The maximum absolute atomic E-state index is 6.27. The molecule has 1 saturated carbocycles. The molecule has 0 amide bonds. The molecule has 1 aliphatic carbocycles. The van der Waals surface area contributed by atoms with Crippen LogP contribution in [0, 0.1) is 5.41 Å². The molecule has 0 saturated heterocycles. The van der Waals surface area contributed by atoms with E-state index >= 15 is 0 Å². The van der Waals surface area contributed by atoms with Gasteiger partial charge in [-0.05, 0) is 63.3 Å². The predicted octanol–water partition coefficient (Wildman–Crippen LogP) is 5.94. The van der Waals surface area contributed by atoms with Crippen molar-refractivity contribution in [2.75, 3.05) is 7.11 Å². The van der Waals surface area contributed by atoms with Gasteiger partial charge in [-0.15, -0.1) is 0 Å². The molecule has 0 N–H and O–H groups in total. The van der Waals surface area contributed by atoms with Crippen molar-refractivity contribution < 1.29 is 9.47 Å². The summed E-state index contributed by atoms with van der Waals surface area (Å²) in [5.41, 5.74) is 0.242. The lowest BCUT2D eigenvalue weighted by Gasteiger charge is -2.52. The highest BCUT2D eigenvalue weighted by atomic mass is 79.9. The van der Waals surface area contributed by atoms with Gasteiger partial charge in [-0.3, -0.25) is 0 Å². The summed E-state index contributed by atoms with van der Waals surface area (Å²) in [6.07, 6.45) is 3.56. The van der Waals surface area contributed by atoms with Crippen molar-refractivity contribution in [3.05, 3.63) is 21.1 Å². The summed E-state index contributed by atoms with van der Waals surface area (Å²) in [5, 5.41) is 0. The van der Waals surface area contributed by atoms with Crippen molar-refractivity contribution in [3.63, 3.8) is 0 Å². The minimum Gasteiger partial charge on any atom is -0.496 e. The van der Waals surface area contributed by atoms with Gasteiger partial charge in [0, 0.05) is 10.2 Å². The van der Waals surface area contributed by atoms with Crippen molar-refractivity contribution in [1.29, 1.82) is 0 Å². The van der Waals surface area contributed by atoms with Crippen molar-refractivity contribution in [1.82, 2.24) is 0 Å². The number of benzene rings is 1. The van der Waals surface area contributed by atoms with E-state index in [4.69, 9.17) is 9.47 Å². The molecule has 0 spiro atoms. The number of hydrogen-bond acceptors (Lipinski definition) is 2. The van der Waals surface area contributed by atoms with E-state index in [0.717, 1.165) is 39.7 Å². The number of alkyl halides is 1.